The van der Waals surface area contributed by atoms with E-state index in [0.717, 1.165) is 41.9 Å². The van der Waals surface area contributed by atoms with Crippen LogP contribution in [-0.2, 0) is 23.2 Å². The standard InChI is InChI=1S/C13H5BrF10N2.C13H5ClF10N2O.C13H6ClF9N2O/c14-8-5-6(10(15,12(19,20)21)13(22,23)24)4-7(11(16,17)18)9(8)26-3-1-2-25-26;14-7-4-6(10(15,11(16,17)18)12(19,20)21)5-8(27-13(22,23)24)9(7)26-3-1-2-25-26;14-7-4-6(11(17,12(18,19)20)13(21,22)23)5-8(26-10(15)16)9(7)25-3-1-2-24-25/h1-5H;1-5H;1-5,10H. The van der Waals surface area contributed by atoms with Crippen LogP contribution >= 0.6 is 39.1 Å². The molecule has 0 bridgehead atoms. The molecule has 0 N–H and O–H groups in total. The predicted molar refractivity (Wildman–Crippen MR) is 211 cm³/mol. The first-order valence-electron chi connectivity index (χ1n) is 19.2. The van der Waals surface area contributed by atoms with Gasteiger partial charge in [-0.2, -0.15) is 116 Å². The van der Waals surface area contributed by atoms with Crippen molar-refractivity contribution in [2.24, 2.45) is 0 Å². The van der Waals surface area contributed by atoms with Crippen LogP contribution in [0.1, 0.15) is 22.3 Å². The number of hydrogen-bond acceptors (Lipinski definition) is 5. The van der Waals surface area contributed by atoms with Crippen molar-refractivity contribution in [3.05, 3.63) is 129 Å². The molecule has 79 heavy (non-hydrogen) atoms. The Bertz CT molecular complexity index is 2970. The predicted octanol–water partition coefficient (Wildman–Crippen LogP) is 17.1. The zero-order valence-electron chi connectivity index (χ0n) is 36.3. The average molecular weight is 1300 g/mol. The van der Waals surface area contributed by atoms with Crippen molar-refractivity contribution in [1.29, 1.82) is 0 Å². The van der Waals surface area contributed by atoms with Gasteiger partial charge in [-0.25, -0.2) is 27.2 Å². The van der Waals surface area contributed by atoms with Gasteiger partial charge in [0.2, 0.25) is 0 Å². The molecule has 0 unspecified atom stereocenters. The summed E-state index contributed by atoms with van der Waals surface area (Å²) in [5.74, 6) is -2.83. The van der Waals surface area contributed by atoms with E-state index in [0.29, 0.717) is 9.36 Å². The van der Waals surface area contributed by atoms with Gasteiger partial charge in [-0.05, 0) is 70.5 Å². The van der Waals surface area contributed by atoms with Gasteiger partial charge in [0.1, 0.15) is 11.4 Å². The molecule has 3 heterocycles. The molecule has 6 rings (SSSR count). The second kappa shape index (κ2) is 22.1. The zero-order valence-corrected chi connectivity index (χ0v) is 39.4. The minimum Gasteiger partial charge on any atom is -0.432 e. The van der Waals surface area contributed by atoms with E-state index < -0.39 is 145 Å². The Morgan fingerprint density at radius 3 is 1.00 bits per heavy atom. The van der Waals surface area contributed by atoms with Crippen LogP contribution < -0.4 is 9.47 Å². The van der Waals surface area contributed by atoms with E-state index in [2.05, 4.69) is 40.7 Å². The highest BCUT2D eigenvalue weighted by molar-refractivity contribution is 9.10. The fourth-order valence-corrected chi connectivity index (χ4v) is 7.53. The molecular formula is C39H16BrCl2F29N6O2. The van der Waals surface area contributed by atoms with E-state index in [1.54, 1.807) is 0 Å². The molecule has 0 aliphatic carbocycles. The fourth-order valence-electron chi connectivity index (χ4n) is 6.29. The Balaban J connectivity index is 0.000000255. The molecule has 8 nitrogen and oxygen atoms in total. The van der Waals surface area contributed by atoms with Crippen molar-refractivity contribution in [3.8, 4) is 28.6 Å². The molecule has 0 atom stereocenters. The lowest BCUT2D eigenvalue weighted by Gasteiger charge is -2.31. The number of aromatic nitrogens is 6. The summed E-state index contributed by atoms with van der Waals surface area (Å²) >= 11 is 13.7. The van der Waals surface area contributed by atoms with Gasteiger partial charge >= 0.3 is 73.2 Å². The Labute approximate surface area is 434 Å². The number of benzene rings is 3. The Kier molecular flexibility index (Phi) is 18.3. The van der Waals surface area contributed by atoms with Crippen LogP contribution in [0.15, 0.2) is 96.3 Å². The molecule has 3 aromatic heterocycles. The topological polar surface area (TPSA) is 71.9 Å². The summed E-state index contributed by atoms with van der Waals surface area (Å²) in [6.07, 6.45) is -43.7. The highest BCUT2D eigenvalue weighted by Gasteiger charge is 2.76. The number of rotatable bonds is 9. The van der Waals surface area contributed by atoms with Crippen LogP contribution in [0.2, 0.25) is 10.0 Å². The third-order valence-electron chi connectivity index (χ3n) is 9.60. The maximum atomic E-state index is 14.1. The molecule has 0 amide bonds. The maximum Gasteiger partial charge on any atom is 0.573 e. The lowest BCUT2D eigenvalue weighted by atomic mass is 9.92. The van der Waals surface area contributed by atoms with Crippen molar-refractivity contribution in [2.45, 2.75) is 73.2 Å². The van der Waals surface area contributed by atoms with Crippen molar-refractivity contribution in [2.75, 3.05) is 0 Å². The van der Waals surface area contributed by atoms with Crippen LogP contribution in [0.4, 0.5) is 127 Å². The number of alkyl halides is 29. The highest BCUT2D eigenvalue weighted by Crippen LogP contribution is 2.58. The molecule has 3 aromatic carbocycles. The van der Waals surface area contributed by atoms with Gasteiger partial charge in [0.15, 0.2) is 11.5 Å². The van der Waals surface area contributed by atoms with Gasteiger partial charge in [-0.1, -0.05) is 23.2 Å². The molecule has 0 aliphatic rings. The van der Waals surface area contributed by atoms with E-state index >= 15 is 0 Å². The van der Waals surface area contributed by atoms with E-state index in [-0.39, 0.29) is 30.3 Å². The minimum atomic E-state index is -6.54. The normalized spacial score (nSPS) is 13.7. The fraction of sp³-hybridized carbons (Fsp3) is 0.308. The third kappa shape index (κ3) is 13.4. The molecule has 6 aromatic rings. The summed E-state index contributed by atoms with van der Waals surface area (Å²) in [7, 11) is 0. The molecule has 0 radical (unpaired) electrons. The van der Waals surface area contributed by atoms with E-state index in [9.17, 15) is 127 Å². The summed E-state index contributed by atoms with van der Waals surface area (Å²) < 4.78 is 384. The van der Waals surface area contributed by atoms with Crippen molar-refractivity contribution in [1.82, 2.24) is 29.3 Å². The molecule has 438 valence electrons. The van der Waals surface area contributed by atoms with Crippen LogP contribution in [0, 0.1) is 0 Å². The van der Waals surface area contributed by atoms with Crippen molar-refractivity contribution >= 4 is 39.1 Å². The summed E-state index contributed by atoms with van der Waals surface area (Å²) in [4.78, 5) is 0. The smallest absolute Gasteiger partial charge is 0.432 e. The molecule has 0 saturated heterocycles. The summed E-state index contributed by atoms with van der Waals surface area (Å²) in [5.41, 5.74) is -28.6. The number of halogens is 32. The highest BCUT2D eigenvalue weighted by atomic mass is 79.9. The first-order valence-corrected chi connectivity index (χ1v) is 20.8. The summed E-state index contributed by atoms with van der Waals surface area (Å²) in [6, 6.07) is 2.49. The summed E-state index contributed by atoms with van der Waals surface area (Å²) in [5, 5.41) is 8.50. The Morgan fingerprint density at radius 2 is 0.722 bits per heavy atom. The van der Waals surface area contributed by atoms with Crippen LogP contribution in [0.5, 0.6) is 11.5 Å². The van der Waals surface area contributed by atoms with E-state index in [1.165, 1.54) is 18.2 Å². The van der Waals surface area contributed by atoms with Gasteiger partial charge < -0.3 is 9.47 Å². The molecule has 0 aliphatic heterocycles. The second-order valence-electron chi connectivity index (χ2n) is 14.7. The Hall–Kier alpha value is -6.08. The first-order chi connectivity index (χ1) is 35.5. The zero-order chi connectivity index (χ0) is 60.9. The second-order valence-corrected chi connectivity index (χ2v) is 16.4. The van der Waals surface area contributed by atoms with Gasteiger partial charge in [-0.3, -0.25) is 0 Å². The monoisotopic (exact) mass is 1300 g/mol. The largest absolute Gasteiger partial charge is 0.573 e. The van der Waals surface area contributed by atoms with E-state index in [1.807, 2.05) is 0 Å². The minimum absolute atomic E-state index is 0.00671. The van der Waals surface area contributed by atoms with Crippen LogP contribution in [0.25, 0.3) is 17.1 Å². The van der Waals surface area contributed by atoms with Gasteiger partial charge in [-0.15, -0.1) is 13.2 Å². The molecular weight excluding hydrogens is 1290 g/mol. The van der Waals surface area contributed by atoms with Gasteiger partial charge in [0, 0.05) is 58.3 Å². The average Bonchev–Trinajstić information content (AvgIpc) is 4.08. The number of hydrogen-bond donors (Lipinski definition) is 0. The van der Waals surface area contributed by atoms with Crippen LogP contribution in [-0.4, -0.2) is 79.4 Å². The van der Waals surface area contributed by atoms with Gasteiger partial charge in [0.25, 0.3) is 0 Å². The van der Waals surface area contributed by atoms with Crippen molar-refractivity contribution < 1.29 is 137 Å². The lowest BCUT2D eigenvalue weighted by Crippen LogP contribution is -2.50. The summed E-state index contributed by atoms with van der Waals surface area (Å²) in [6.45, 7) is -3.64. The Morgan fingerprint density at radius 1 is 0.418 bits per heavy atom. The lowest BCUT2D eigenvalue weighted by molar-refractivity contribution is -0.349. The molecule has 0 fully saturated rings. The van der Waals surface area contributed by atoms with Crippen LogP contribution in [0.3, 0.4) is 0 Å². The molecule has 0 spiro atoms. The quantitative estimate of drug-likeness (QED) is 0.135. The maximum absolute atomic E-state index is 14.1. The number of ether oxygens (including phenoxy) is 2. The van der Waals surface area contributed by atoms with Crippen molar-refractivity contribution in [3.63, 3.8) is 0 Å². The van der Waals surface area contributed by atoms with E-state index in [4.69, 9.17) is 23.2 Å². The third-order valence-corrected chi connectivity index (χ3v) is 10.8. The molecule has 40 heteroatoms. The number of nitrogens with zero attached hydrogens (tertiary/aromatic N) is 6. The molecule has 0 saturated carbocycles. The SMILES string of the molecule is FC(F)(F)Oc1cc(C(F)(C(F)(F)F)C(F)(F)F)cc(Cl)c1-n1cccn1.FC(F)(F)c1cc(C(F)(C(F)(F)F)C(F)(F)F)cc(Br)c1-n1cccn1.FC(F)Oc1cc(C(F)(C(F)(F)F)C(F)(F)F)cc(Cl)c1-n1cccn1. The van der Waals surface area contributed by atoms with Gasteiger partial charge in [0.05, 0.1) is 21.3 Å². The first kappa shape index (κ1) is 65.4.